The van der Waals surface area contributed by atoms with E-state index in [1.807, 2.05) is 12.1 Å². The fourth-order valence-corrected chi connectivity index (χ4v) is 3.65. The lowest BCUT2D eigenvalue weighted by atomic mass is 10.2. The molecule has 1 fully saturated rings. The minimum absolute atomic E-state index is 0.193. The number of aliphatic hydroxyl groups excluding tert-OH is 1. The lowest BCUT2D eigenvalue weighted by Gasteiger charge is -2.20. The smallest absolute Gasteiger partial charge is 0.241 e. The summed E-state index contributed by atoms with van der Waals surface area (Å²) in [6.07, 6.45) is 2.15. The third kappa shape index (κ3) is 2.89. The van der Waals surface area contributed by atoms with Crippen molar-refractivity contribution in [3.05, 3.63) is 21.8 Å². The highest BCUT2D eigenvalue weighted by molar-refractivity contribution is 9.11. The maximum absolute atomic E-state index is 9.29. The molecule has 5 nitrogen and oxygen atoms in total. The predicted molar refractivity (Wildman–Crippen MR) is 75.8 cm³/mol. The van der Waals surface area contributed by atoms with Crippen molar-refractivity contribution in [1.29, 1.82) is 0 Å². The molecule has 0 saturated carbocycles. The van der Waals surface area contributed by atoms with Crippen LogP contribution < -0.4 is 0 Å². The Bertz CT molecular complexity index is 557. The number of thiophene rings is 1. The van der Waals surface area contributed by atoms with Crippen LogP contribution in [0.4, 0.5) is 0 Å². The summed E-state index contributed by atoms with van der Waals surface area (Å²) in [5.74, 6) is 1.24. The summed E-state index contributed by atoms with van der Waals surface area (Å²) >= 11 is 5.00. The van der Waals surface area contributed by atoms with Crippen LogP contribution in [0.2, 0.25) is 0 Å². The molecule has 19 heavy (non-hydrogen) atoms. The highest BCUT2D eigenvalue weighted by atomic mass is 79.9. The van der Waals surface area contributed by atoms with Gasteiger partial charge in [-0.1, -0.05) is 5.16 Å². The first-order valence-electron chi connectivity index (χ1n) is 6.19. The molecule has 0 spiro atoms. The largest absolute Gasteiger partial charge is 0.395 e. The zero-order valence-electron chi connectivity index (χ0n) is 10.3. The van der Waals surface area contributed by atoms with Gasteiger partial charge in [0, 0.05) is 6.04 Å². The second-order valence-electron chi connectivity index (χ2n) is 4.56. The number of hydrogen-bond acceptors (Lipinski definition) is 6. The van der Waals surface area contributed by atoms with Gasteiger partial charge < -0.3 is 9.63 Å². The summed E-state index contributed by atoms with van der Waals surface area (Å²) in [6.45, 7) is 1.79. The van der Waals surface area contributed by atoms with E-state index < -0.39 is 0 Å². The van der Waals surface area contributed by atoms with E-state index in [2.05, 4.69) is 31.0 Å². The van der Waals surface area contributed by atoms with Crippen molar-refractivity contribution in [2.45, 2.75) is 25.4 Å². The van der Waals surface area contributed by atoms with Gasteiger partial charge in [-0.05, 0) is 47.4 Å². The van der Waals surface area contributed by atoms with Gasteiger partial charge in [0.1, 0.15) is 0 Å². The molecule has 2 aromatic heterocycles. The number of likely N-dealkylation sites (tertiary alicyclic amines) is 1. The average Bonchev–Trinajstić information content (AvgIpc) is 3.10. The van der Waals surface area contributed by atoms with E-state index in [0.717, 1.165) is 28.0 Å². The second-order valence-corrected chi connectivity index (χ2v) is 7.03. The van der Waals surface area contributed by atoms with Gasteiger partial charge in [-0.15, -0.1) is 11.3 Å². The first-order chi connectivity index (χ1) is 9.26. The monoisotopic (exact) mass is 343 g/mol. The lowest BCUT2D eigenvalue weighted by Crippen LogP contribution is -2.31. The van der Waals surface area contributed by atoms with Crippen LogP contribution in [0.5, 0.6) is 0 Å². The van der Waals surface area contributed by atoms with Crippen LogP contribution in [0.3, 0.4) is 0 Å². The molecule has 1 aliphatic heterocycles. The highest BCUT2D eigenvalue weighted by Crippen LogP contribution is 2.29. The molecule has 1 N–H and O–H groups in total. The van der Waals surface area contributed by atoms with Gasteiger partial charge in [-0.25, -0.2) is 0 Å². The van der Waals surface area contributed by atoms with Gasteiger partial charge in [-0.2, -0.15) is 4.98 Å². The zero-order chi connectivity index (χ0) is 13.2. The first-order valence-corrected chi connectivity index (χ1v) is 7.80. The molecule has 7 heteroatoms. The Balaban J connectivity index is 1.71. The normalized spacial score (nSPS) is 20.2. The molecule has 0 aromatic carbocycles. The van der Waals surface area contributed by atoms with Gasteiger partial charge in [0.25, 0.3) is 0 Å². The Morgan fingerprint density at radius 3 is 3.16 bits per heavy atom. The maximum Gasteiger partial charge on any atom is 0.241 e. The number of hydrogen-bond donors (Lipinski definition) is 1. The molecule has 3 rings (SSSR count). The summed E-state index contributed by atoms with van der Waals surface area (Å²) < 4.78 is 6.34. The summed E-state index contributed by atoms with van der Waals surface area (Å²) in [5, 5.41) is 13.3. The summed E-state index contributed by atoms with van der Waals surface area (Å²) in [6, 6.07) is 4.17. The minimum Gasteiger partial charge on any atom is -0.395 e. The average molecular weight is 344 g/mol. The molecule has 0 unspecified atom stereocenters. The lowest BCUT2D eigenvalue weighted by molar-refractivity contribution is 0.141. The molecule has 102 valence electrons. The van der Waals surface area contributed by atoms with E-state index in [-0.39, 0.29) is 12.6 Å². The fraction of sp³-hybridized carbons (Fsp3) is 0.500. The number of halogens is 1. The zero-order valence-corrected chi connectivity index (χ0v) is 12.7. The van der Waals surface area contributed by atoms with Crippen LogP contribution in [0, 0.1) is 0 Å². The molecule has 1 aliphatic rings. The molecule has 0 amide bonds. The van der Waals surface area contributed by atoms with Crippen LogP contribution in [0.15, 0.2) is 20.4 Å². The Morgan fingerprint density at radius 2 is 2.42 bits per heavy atom. The van der Waals surface area contributed by atoms with Crippen molar-refractivity contribution < 1.29 is 9.63 Å². The summed E-state index contributed by atoms with van der Waals surface area (Å²) in [7, 11) is 0. The molecule has 3 heterocycles. The molecule has 0 aliphatic carbocycles. The quantitative estimate of drug-likeness (QED) is 0.924. The first kappa shape index (κ1) is 13.2. The molecule has 1 atom stereocenters. The van der Waals surface area contributed by atoms with Crippen molar-refractivity contribution in [1.82, 2.24) is 15.0 Å². The van der Waals surface area contributed by atoms with E-state index in [1.165, 1.54) is 0 Å². The standard InChI is InChI=1S/C12H14BrN3O2S/c13-10-4-3-9(19-10)12-14-11(18-15-12)6-16-5-1-2-8(16)7-17/h3-4,8,17H,1-2,5-7H2/t8-/m0/s1. The third-order valence-corrected chi connectivity index (χ3v) is 4.93. The van der Waals surface area contributed by atoms with Gasteiger partial charge in [0.05, 0.1) is 21.8 Å². The van der Waals surface area contributed by atoms with E-state index in [9.17, 15) is 5.11 Å². The SMILES string of the molecule is OC[C@@H]1CCCN1Cc1nc(-c2ccc(Br)s2)no1. The van der Waals surface area contributed by atoms with Gasteiger partial charge >= 0.3 is 0 Å². The minimum atomic E-state index is 0.193. The van der Waals surface area contributed by atoms with Crippen LogP contribution >= 0.6 is 27.3 Å². The van der Waals surface area contributed by atoms with Crippen LogP contribution in [-0.4, -0.2) is 39.3 Å². The maximum atomic E-state index is 9.29. The van der Waals surface area contributed by atoms with E-state index in [0.29, 0.717) is 18.3 Å². The Kier molecular flexibility index (Phi) is 3.97. The van der Waals surface area contributed by atoms with Gasteiger partial charge in [0.15, 0.2) is 0 Å². The second kappa shape index (κ2) is 5.70. The van der Waals surface area contributed by atoms with Crippen LogP contribution in [-0.2, 0) is 6.54 Å². The van der Waals surface area contributed by atoms with E-state index >= 15 is 0 Å². The number of aliphatic hydroxyl groups is 1. The van der Waals surface area contributed by atoms with Crippen molar-refractivity contribution in [2.24, 2.45) is 0 Å². The van der Waals surface area contributed by atoms with Crippen LogP contribution in [0.25, 0.3) is 10.7 Å². The third-order valence-electron chi connectivity index (χ3n) is 3.31. The Morgan fingerprint density at radius 1 is 1.53 bits per heavy atom. The molecule has 0 bridgehead atoms. The van der Waals surface area contributed by atoms with E-state index in [1.54, 1.807) is 11.3 Å². The number of rotatable bonds is 4. The molecular weight excluding hydrogens is 330 g/mol. The summed E-state index contributed by atoms with van der Waals surface area (Å²) in [5.41, 5.74) is 0. The van der Waals surface area contributed by atoms with Crippen molar-refractivity contribution in [2.75, 3.05) is 13.2 Å². The van der Waals surface area contributed by atoms with Gasteiger partial charge in [-0.3, -0.25) is 4.90 Å². The van der Waals surface area contributed by atoms with Crippen LogP contribution in [0.1, 0.15) is 18.7 Å². The van der Waals surface area contributed by atoms with Gasteiger partial charge in [0.2, 0.25) is 11.7 Å². The molecular formula is C12H14BrN3O2S. The Labute approximate surface area is 123 Å². The molecule has 2 aromatic rings. The fourth-order valence-electron chi connectivity index (χ4n) is 2.34. The van der Waals surface area contributed by atoms with E-state index in [4.69, 9.17) is 4.52 Å². The predicted octanol–water partition coefficient (Wildman–Crippen LogP) is 2.52. The van der Waals surface area contributed by atoms with Crippen molar-refractivity contribution >= 4 is 27.3 Å². The molecule has 1 saturated heterocycles. The van der Waals surface area contributed by atoms with Crippen molar-refractivity contribution in [3.8, 4) is 10.7 Å². The number of aromatic nitrogens is 2. The summed E-state index contributed by atoms with van der Waals surface area (Å²) in [4.78, 5) is 7.60. The van der Waals surface area contributed by atoms with Crippen molar-refractivity contribution in [3.63, 3.8) is 0 Å². The topological polar surface area (TPSA) is 62.4 Å². The Hall–Kier alpha value is -0.760. The number of nitrogens with zero attached hydrogens (tertiary/aromatic N) is 3. The molecule has 0 radical (unpaired) electrons. The highest BCUT2D eigenvalue weighted by Gasteiger charge is 2.25.